The zero-order valence-electron chi connectivity index (χ0n) is 14.3. The van der Waals surface area contributed by atoms with E-state index in [2.05, 4.69) is 27.1 Å². The number of hydrogen-bond acceptors (Lipinski definition) is 5. The Labute approximate surface area is 152 Å². The maximum Gasteiger partial charge on any atom is 0.225 e. The maximum atomic E-state index is 5.92. The number of nitrogens with zero attached hydrogens (tertiary/aromatic N) is 3. The van der Waals surface area contributed by atoms with E-state index in [9.17, 15) is 0 Å². The first-order valence-corrected chi connectivity index (χ1v) is 8.69. The van der Waals surface area contributed by atoms with Gasteiger partial charge in [-0.15, -0.1) is 0 Å². The summed E-state index contributed by atoms with van der Waals surface area (Å²) in [5, 5.41) is 0.886. The van der Waals surface area contributed by atoms with Crippen LogP contribution in [0.2, 0.25) is 0 Å². The fourth-order valence-corrected chi connectivity index (χ4v) is 2.78. The lowest BCUT2D eigenvalue weighted by Crippen LogP contribution is -2.08. The highest BCUT2D eigenvalue weighted by atomic mass is 16.5. The fraction of sp³-hybridized carbons (Fsp3) is 0.190. The normalized spacial score (nSPS) is 13.5. The van der Waals surface area contributed by atoms with E-state index in [1.165, 1.54) is 0 Å². The molecular weight excluding hydrogens is 326 g/mol. The number of para-hydroxylation sites is 1. The van der Waals surface area contributed by atoms with E-state index >= 15 is 0 Å². The quantitative estimate of drug-likeness (QED) is 0.623. The Hall–Kier alpha value is -3.21. The molecule has 2 aromatic heterocycles. The molecule has 1 aliphatic carbocycles. The van der Waals surface area contributed by atoms with Crippen LogP contribution in [0.25, 0.3) is 22.3 Å². The molecule has 0 unspecified atom stereocenters. The summed E-state index contributed by atoms with van der Waals surface area (Å²) in [7, 11) is 0. The lowest BCUT2D eigenvalue weighted by atomic mass is 10.2. The SMILES string of the molecule is C1=CC(OCCOc2nc(-c3cccnc3)nc3ccccc23)=CCC1. The summed E-state index contributed by atoms with van der Waals surface area (Å²) in [4.78, 5) is 13.4. The second-order valence-electron chi connectivity index (χ2n) is 5.89. The Kier molecular flexibility index (Phi) is 4.87. The van der Waals surface area contributed by atoms with Crippen molar-refractivity contribution >= 4 is 10.9 Å². The number of pyridine rings is 1. The van der Waals surface area contributed by atoms with Gasteiger partial charge in [0.05, 0.1) is 10.9 Å². The molecule has 0 atom stereocenters. The van der Waals surface area contributed by atoms with E-state index in [0.29, 0.717) is 24.9 Å². The van der Waals surface area contributed by atoms with Gasteiger partial charge in [-0.3, -0.25) is 4.98 Å². The van der Waals surface area contributed by atoms with Crippen LogP contribution in [-0.2, 0) is 4.74 Å². The molecule has 0 radical (unpaired) electrons. The van der Waals surface area contributed by atoms with Crippen LogP contribution in [0.1, 0.15) is 12.8 Å². The molecule has 1 aliphatic rings. The van der Waals surface area contributed by atoms with E-state index < -0.39 is 0 Å². The van der Waals surface area contributed by atoms with Crippen LogP contribution < -0.4 is 4.74 Å². The third-order valence-electron chi connectivity index (χ3n) is 4.04. The second kappa shape index (κ2) is 7.78. The van der Waals surface area contributed by atoms with Gasteiger partial charge in [0, 0.05) is 18.0 Å². The van der Waals surface area contributed by atoms with Gasteiger partial charge in [0.1, 0.15) is 19.0 Å². The topological polar surface area (TPSA) is 57.1 Å². The average molecular weight is 345 g/mol. The van der Waals surface area contributed by atoms with Gasteiger partial charge < -0.3 is 9.47 Å². The van der Waals surface area contributed by atoms with Gasteiger partial charge >= 0.3 is 0 Å². The lowest BCUT2D eigenvalue weighted by molar-refractivity contribution is 0.161. The van der Waals surface area contributed by atoms with Crippen molar-refractivity contribution < 1.29 is 9.47 Å². The summed E-state index contributed by atoms with van der Waals surface area (Å²) in [6.45, 7) is 0.884. The minimum absolute atomic E-state index is 0.415. The largest absolute Gasteiger partial charge is 0.490 e. The highest BCUT2D eigenvalue weighted by molar-refractivity contribution is 5.85. The zero-order chi connectivity index (χ0) is 17.6. The molecule has 130 valence electrons. The molecule has 5 nitrogen and oxygen atoms in total. The number of hydrogen-bond donors (Lipinski definition) is 0. The van der Waals surface area contributed by atoms with Gasteiger partial charge in [-0.1, -0.05) is 18.2 Å². The molecule has 0 saturated heterocycles. The van der Waals surface area contributed by atoms with Crippen molar-refractivity contribution in [2.24, 2.45) is 0 Å². The standard InChI is InChI=1S/C21H19N3O2/c1-2-8-17(9-3-1)25-13-14-26-21-18-10-4-5-11-19(18)23-20(24-21)16-7-6-12-22-15-16/h2,4-12,15H,1,3,13-14H2. The first kappa shape index (κ1) is 16.3. The highest BCUT2D eigenvalue weighted by Crippen LogP contribution is 2.26. The zero-order valence-corrected chi connectivity index (χ0v) is 14.3. The van der Waals surface area contributed by atoms with Crippen molar-refractivity contribution in [1.82, 2.24) is 15.0 Å². The van der Waals surface area contributed by atoms with Crippen LogP contribution in [0.5, 0.6) is 5.88 Å². The molecule has 1 aromatic carbocycles. The number of ether oxygens (including phenoxy) is 2. The van der Waals surface area contributed by atoms with Crippen LogP contribution in [-0.4, -0.2) is 28.2 Å². The Morgan fingerprint density at radius 1 is 0.923 bits per heavy atom. The number of fused-ring (bicyclic) bond motifs is 1. The van der Waals surface area contributed by atoms with E-state index in [1.807, 2.05) is 42.5 Å². The minimum atomic E-state index is 0.415. The molecule has 0 fully saturated rings. The van der Waals surface area contributed by atoms with E-state index in [4.69, 9.17) is 9.47 Å². The average Bonchev–Trinajstić information content (AvgIpc) is 2.72. The van der Waals surface area contributed by atoms with Gasteiger partial charge in [-0.2, -0.15) is 4.98 Å². The smallest absolute Gasteiger partial charge is 0.225 e. The summed E-state index contributed by atoms with van der Waals surface area (Å²) in [6.07, 6.45) is 11.8. The number of benzene rings is 1. The summed E-state index contributed by atoms with van der Waals surface area (Å²) < 4.78 is 11.7. The van der Waals surface area contributed by atoms with Crippen LogP contribution in [0.4, 0.5) is 0 Å². The van der Waals surface area contributed by atoms with Gasteiger partial charge in [-0.05, 0) is 49.3 Å². The summed E-state index contributed by atoms with van der Waals surface area (Å²) in [6, 6.07) is 11.6. The molecule has 0 saturated carbocycles. The minimum Gasteiger partial charge on any atom is -0.490 e. The first-order valence-electron chi connectivity index (χ1n) is 8.69. The second-order valence-corrected chi connectivity index (χ2v) is 5.89. The van der Waals surface area contributed by atoms with E-state index in [1.54, 1.807) is 12.4 Å². The molecular formula is C21H19N3O2. The summed E-state index contributed by atoms with van der Waals surface area (Å²) >= 11 is 0. The molecule has 5 heteroatoms. The monoisotopic (exact) mass is 345 g/mol. The van der Waals surface area contributed by atoms with Crippen LogP contribution in [0, 0.1) is 0 Å². The molecule has 4 rings (SSSR count). The Morgan fingerprint density at radius 2 is 1.85 bits per heavy atom. The maximum absolute atomic E-state index is 5.92. The van der Waals surface area contributed by atoms with Crippen molar-refractivity contribution in [3.05, 3.63) is 72.8 Å². The first-order chi connectivity index (χ1) is 12.9. The summed E-state index contributed by atoms with van der Waals surface area (Å²) in [5.74, 6) is 2.07. The highest BCUT2D eigenvalue weighted by Gasteiger charge is 2.10. The van der Waals surface area contributed by atoms with Crippen molar-refractivity contribution in [3.63, 3.8) is 0 Å². The Balaban J connectivity index is 1.53. The molecule has 3 aromatic rings. The lowest BCUT2D eigenvalue weighted by Gasteiger charge is -2.12. The Bertz CT molecular complexity index is 952. The van der Waals surface area contributed by atoms with Crippen LogP contribution in [0.3, 0.4) is 0 Å². The van der Waals surface area contributed by atoms with Gasteiger partial charge in [0.25, 0.3) is 0 Å². The van der Waals surface area contributed by atoms with E-state index in [0.717, 1.165) is 35.1 Å². The molecule has 0 N–H and O–H groups in total. The number of allylic oxidation sites excluding steroid dienone is 3. The molecule has 0 bridgehead atoms. The van der Waals surface area contributed by atoms with Crippen LogP contribution >= 0.6 is 0 Å². The molecule has 0 spiro atoms. The van der Waals surface area contributed by atoms with Crippen molar-refractivity contribution in [3.8, 4) is 17.3 Å². The van der Waals surface area contributed by atoms with Crippen LogP contribution in [0.15, 0.2) is 72.8 Å². The van der Waals surface area contributed by atoms with E-state index in [-0.39, 0.29) is 0 Å². The van der Waals surface area contributed by atoms with Gasteiger partial charge in [-0.25, -0.2) is 4.98 Å². The predicted octanol–water partition coefficient (Wildman–Crippen LogP) is 4.32. The third kappa shape index (κ3) is 3.72. The predicted molar refractivity (Wildman–Crippen MR) is 101 cm³/mol. The van der Waals surface area contributed by atoms with Gasteiger partial charge in [0.2, 0.25) is 5.88 Å². The molecule has 2 heterocycles. The van der Waals surface area contributed by atoms with Crippen molar-refractivity contribution in [1.29, 1.82) is 0 Å². The Morgan fingerprint density at radius 3 is 2.69 bits per heavy atom. The number of aromatic nitrogens is 3. The fourth-order valence-electron chi connectivity index (χ4n) is 2.78. The van der Waals surface area contributed by atoms with Crippen molar-refractivity contribution in [2.45, 2.75) is 12.8 Å². The molecule has 26 heavy (non-hydrogen) atoms. The van der Waals surface area contributed by atoms with Crippen molar-refractivity contribution in [2.75, 3.05) is 13.2 Å². The summed E-state index contributed by atoms with van der Waals surface area (Å²) in [5.41, 5.74) is 1.70. The molecule has 0 aliphatic heterocycles. The number of rotatable bonds is 6. The molecule has 0 amide bonds. The third-order valence-corrected chi connectivity index (χ3v) is 4.04. The van der Waals surface area contributed by atoms with Gasteiger partial charge in [0.15, 0.2) is 5.82 Å².